The molecule has 0 aromatic heterocycles. The van der Waals surface area contributed by atoms with E-state index in [4.69, 9.17) is 0 Å². The molecule has 0 atom stereocenters. The molecule has 0 N–H and O–H groups in total. The molecule has 0 fully saturated rings. The van der Waals surface area contributed by atoms with Gasteiger partial charge in [-0.15, -0.1) is 0 Å². The second-order valence-electron chi connectivity index (χ2n) is 11.4. The summed E-state index contributed by atoms with van der Waals surface area (Å²) in [5, 5.41) is 0. The summed E-state index contributed by atoms with van der Waals surface area (Å²) < 4.78 is 0. The third-order valence-electron chi connectivity index (χ3n) is 8.53. The van der Waals surface area contributed by atoms with E-state index in [1.165, 1.54) is 83.9 Å². The van der Waals surface area contributed by atoms with E-state index in [1.807, 2.05) is 0 Å². The van der Waals surface area contributed by atoms with Gasteiger partial charge in [-0.1, -0.05) is 77.9 Å². The molecule has 0 amide bonds. The van der Waals surface area contributed by atoms with Gasteiger partial charge >= 0.3 is 0 Å². The van der Waals surface area contributed by atoms with Crippen molar-refractivity contribution in [2.45, 2.75) is 41.5 Å². The third kappa shape index (κ3) is 3.42. The Kier molecular flexibility index (Phi) is 5.28. The molecule has 0 spiro atoms. The maximum Gasteiger partial charge on any atom is 0.252 e. The van der Waals surface area contributed by atoms with Crippen LogP contribution in [0, 0.1) is 41.5 Å². The highest BCUT2D eigenvalue weighted by molar-refractivity contribution is 7.00. The number of para-hydroxylation sites is 2. The zero-order chi connectivity index (χ0) is 27.0. The fraction of sp³-hybridized carbons (Fsp3) is 0.167. The molecule has 0 bridgehead atoms. The molecule has 0 saturated carbocycles. The number of hydrogen-bond donors (Lipinski definition) is 0. The second kappa shape index (κ2) is 8.64. The molecule has 3 heteroatoms. The molecule has 0 unspecified atom stereocenters. The van der Waals surface area contributed by atoms with Gasteiger partial charge in [0.2, 0.25) is 0 Å². The number of nitrogens with zero attached hydrogens (tertiary/aromatic N) is 2. The average molecular weight is 504 g/mol. The van der Waals surface area contributed by atoms with Crippen LogP contribution in [-0.4, -0.2) is 6.71 Å². The van der Waals surface area contributed by atoms with E-state index in [2.05, 4.69) is 142 Å². The minimum absolute atomic E-state index is 0.174. The van der Waals surface area contributed by atoms with Gasteiger partial charge in [-0.05, 0) is 104 Å². The summed E-state index contributed by atoms with van der Waals surface area (Å²) in [6.07, 6.45) is 0. The van der Waals surface area contributed by atoms with Crippen molar-refractivity contribution in [2.75, 3.05) is 9.80 Å². The fourth-order valence-electron chi connectivity index (χ4n) is 7.37. The van der Waals surface area contributed by atoms with Crippen LogP contribution in [0.4, 0.5) is 34.1 Å². The Morgan fingerprint density at radius 2 is 0.795 bits per heavy atom. The van der Waals surface area contributed by atoms with Crippen molar-refractivity contribution in [1.29, 1.82) is 0 Å². The van der Waals surface area contributed by atoms with Crippen molar-refractivity contribution in [3.05, 3.63) is 124 Å². The smallest absolute Gasteiger partial charge is 0.252 e. The zero-order valence-electron chi connectivity index (χ0n) is 23.6. The summed E-state index contributed by atoms with van der Waals surface area (Å²) in [7, 11) is 0. The van der Waals surface area contributed by atoms with Crippen LogP contribution in [0.3, 0.4) is 0 Å². The van der Waals surface area contributed by atoms with Crippen LogP contribution in [0.5, 0.6) is 0 Å². The van der Waals surface area contributed by atoms with Gasteiger partial charge in [-0.25, -0.2) is 0 Å². The molecule has 5 aromatic carbocycles. The molecular weight excluding hydrogens is 471 g/mol. The Morgan fingerprint density at radius 1 is 0.436 bits per heavy atom. The number of hydrogen-bond acceptors (Lipinski definition) is 2. The predicted octanol–water partition coefficient (Wildman–Crippen LogP) is 7.62. The molecular formula is C36H33BN2. The lowest BCUT2D eigenvalue weighted by Crippen LogP contribution is -2.61. The van der Waals surface area contributed by atoms with E-state index < -0.39 is 0 Å². The topological polar surface area (TPSA) is 6.48 Å². The van der Waals surface area contributed by atoms with Gasteiger partial charge in [-0.3, -0.25) is 0 Å². The van der Waals surface area contributed by atoms with E-state index in [9.17, 15) is 0 Å². The fourth-order valence-corrected chi connectivity index (χ4v) is 7.37. The standard InChI is InChI=1S/C36H33BN2/c1-22-18-24(3)35(25(4)19-22)38-30-14-9-7-12-28(30)37-29-13-8-10-15-31(29)39(33-17-11-16-32(38)34(33)37)36-26(5)20-23(2)21-27(36)6/h7-21H,1-6H3. The van der Waals surface area contributed by atoms with E-state index in [0.717, 1.165) is 0 Å². The van der Waals surface area contributed by atoms with Gasteiger partial charge in [-0.2, -0.15) is 0 Å². The van der Waals surface area contributed by atoms with E-state index in [1.54, 1.807) is 0 Å². The monoisotopic (exact) mass is 504 g/mol. The lowest BCUT2D eigenvalue weighted by atomic mass is 9.33. The maximum absolute atomic E-state index is 2.52. The number of anilines is 6. The van der Waals surface area contributed by atoms with Gasteiger partial charge in [0, 0.05) is 22.7 Å². The van der Waals surface area contributed by atoms with Crippen molar-refractivity contribution >= 4 is 57.2 Å². The highest BCUT2D eigenvalue weighted by Crippen LogP contribution is 2.46. The number of fused-ring (bicyclic) bond motifs is 4. The second-order valence-corrected chi connectivity index (χ2v) is 11.4. The Hall–Kier alpha value is -4.24. The van der Waals surface area contributed by atoms with Gasteiger partial charge in [0.25, 0.3) is 6.71 Å². The first kappa shape index (κ1) is 23.9. The summed E-state index contributed by atoms with van der Waals surface area (Å²) in [6, 6.07) is 34.2. The summed E-state index contributed by atoms with van der Waals surface area (Å²) in [4.78, 5) is 5.05. The van der Waals surface area contributed by atoms with Crippen LogP contribution in [0.1, 0.15) is 33.4 Å². The normalized spacial score (nSPS) is 13.2. The molecule has 0 saturated heterocycles. The van der Waals surface area contributed by atoms with Crippen molar-refractivity contribution in [1.82, 2.24) is 0 Å². The number of rotatable bonds is 2. The number of aryl methyl sites for hydroxylation is 6. The molecule has 2 aliphatic heterocycles. The number of benzene rings is 5. The van der Waals surface area contributed by atoms with Crippen molar-refractivity contribution < 1.29 is 0 Å². The minimum atomic E-state index is 0.174. The first-order valence-corrected chi connectivity index (χ1v) is 13.9. The molecule has 39 heavy (non-hydrogen) atoms. The molecule has 190 valence electrons. The molecule has 0 radical (unpaired) electrons. The molecule has 5 aromatic rings. The van der Waals surface area contributed by atoms with Gasteiger partial charge < -0.3 is 9.80 Å². The Bertz CT molecular complexity index is 1630. The highest BCUT2D eigenvalue weighted by Gasteiger charge is 2.43. The quantitative estimate of drug-likeness (QED) is 0.224. The largest absolute Gasteiger partial charge is 0.311 e. The predicted molar refractivity (Wildman–Crippen MR) is 169 cm³/mol. The molecule has 2 nitrogen and oxygen atoms in total. The van der Waals surface area contributed by atoms with E-state index in [0.29, 0.717) is 0 Å². The summed E-state index contributed by atoms with van der Waals surface area (Å²) in [5.74, 6) is 0. The minimum Gasteiger partial charge on any atom is -0.311 e. The molecule has 2 heterocycles. The van der Waals surface area contributed by atoms with Crippen molar-refractivity contribution in [3.8, 4) is 0 Å². The van der Waals surface area contributed by atoms with Crippen molar-refractivity contribution in [2.24, 2.45) is 0 Å². The van der Waals surface area contributed by atoms with Crippen LogP contribution in [0.15, 0.2) is 91.0 Å². The lowest BCUT2D eigenvalue weighted by molar-refractivity contribution is 1.19. The summed E-state index contributed by atoms with van der Waals surface area (Å²) >= 11 is 0. The van der Waals surface area contributed by atoms with E-state index >= 15 is 0 Å². The first-order chi connectivity index (χ1) is 18.8. The Balaban J connectivity index is 1.59. The van der Waals surface area contributed by atoms with Gasteiger partial charge in [0.05, 0.1) is 11.4 Å². The van der Waals surface area contributed by atoms with Crippen LogP contribution in [-0.2, 0) is 0 Å². The van der Waals surface area contributed by atoms with Crippen LogP contribution < -0.4 is 26.2 Å². The van der Waals surface area contributed by atoms with Gasteiger partial charge in [0.1, 0.15) is 0 Å². The summed E-state index contributed by atoms with van der Waals surface area (Å²) in [5.41, 5.74) is 19.6. The summed E-state index contributed by atoms with van der Waals surface area (Å²) in [6.45, 7) is 13.6. The van der Waals surface area contributed by atoms with Crippen LogP contribution in [0.25, 0.3) is 0 Å². The van der Waals surface area contributed by atoms with Gasteiger partial charge in [0.15, 0.2) is 0 Å². The van der Waals surface area contributed by atoms with Crippen LogP contribution in [0.2, 0.25) is 0 Å². The average Bonchev–Trinajstić information content (AvgIpc) is 2.90. The molecule has 0 aliphatic carbocycles. The maximum atomic E-state index is 2.52. The zero-order valence-corrected chi connectivity index (χ0v) is 23.6. The SMILES string of the molecule is Cc1cc(C)c(N2c3ccccc3B3c4ccccc4N(c4c(C)cc(C)cc4C)c4cccc2c43)c(C)c1. The molecule has 7 rings (SSSR count). The van der Waals surface area contributed by atoms with Crippen molar-refractivity contribution in [3.63, 3.8) is 0 Å². The first-order valence-electron chi connectivity index (χ1n) is 13.9. The lowest BCUT2D eigenvalue weighted by Gasteiger charge is -2.45. The third-order valence-corrected chi connectivity index (χ3v) is 8.53. The Labute approximate surface area is 232 Å². The Morgan fingerprint density at radius 3 is 1.21 bits per heavy atom. The molecule has 2 aliphatic rings. The highest BCUT2D eigenvalue weighted by atomic mass is 15.2. The van der Waals surface area contributed by atoms with Crippen LogP contribution >= 0.6 is 0 Å². The van der Waals surface area contributed by atoms with E-state index in [-0.39, 0.29) is 6.71 Å².